The lowest BCUT2D eigenvalue weighted by Crippen LogP contribution is -2.06. The van der Waals surface area contributed by atoms with Crippen molar-refractivity contribution >= 4 is 16.9 Å². The van der Waals surface area contributed by atoms with Gasteiger partial charge in [0, 0.05) is 5.39 Å². The molecule has 0 amide bonds. The van der Waals surface area contributed by atoms with E-state index in [1.807, 2.05) is 6.07 Å². The van der Waals surface area contributed by atoms with Crippen LogP contribution in [0.1, 0.15) is 15.9 Å². The molecule has 0 unspecified atom stereocenters. The van der Waals surface area contributed by atoms with Gasteiger partial charge in [-0.15, -0.1) is 0 Å². The molecule has 6 heteroatoms. The number of carboxylic acid groups (broad SMARTS) is 1. The third-order valence-corrected chi connectivity index (χ3v) is 3.37. The molecular formula is C16H13FN2O3. The van der Waals surface area contributed by atoms with Crippen molar-refractivity contribution < 1.29 is 19.0 Å². The highest BCUT2D eigenvalue weighted by molar-refractivity contribution is 6.01. The molecule has 112 valence electrons. The van der Waals surface area contributed by atoms with Gasteiger partial charge in [-0.1, -0.05) is 24.3 Å². The average Bonchev–Trinajstić information content (AvgIpc) is 2.92. The van der Waals surface area contributed by atoms with Crippen LogP contribution in [0.2, 0.25) is 0 Å². The topological polar surface area (TPSA) is 64.3 Å². The second-order valence-corrected chi connectivity index (χ2v) is 4.75. The second-order valence-electron chi connectivity index (χ2n) is 4.75. The Kier molecular flexibility index (Phi) is 3.74. The van der Waals surface area contributed by atoms with Crippen molar-refractivity contribution in [1.29, 1.82) is 0 Å². The number of alkyl halides is 1. The number of aromatic nitrogens is 2. The maximum atomic E-state index is 12.1. The van der Waals surface area contributed by atoms with E-state index in [0.29, 0.717) is 17.8 Å². The molecule has 22 heavy (non-hydrogen) atoms. The van der Waals surface area contributed by atoms with Crippen molar-refractivity contribution in [2.45, 2.75) is 6.54 Å². The van der Waals surface area contributed by atoms with E-state index in [2.05, 4.69) is 5.10 Å². The van der Waals surface area contributed by atoms with E-state index in [1.165, 1.54) is 0 Å². The zero-order valence-corrected chi connectivity index (χ0v) is 11.6. The van der Waals surface area contributed by atoms with E-state index in [-0.39, 0.29) is 5.56 Å². The number of ether oxygens (including phenoxy) is 1. The third-order valence-electron chi connectivity index (χ3n) is 3.37. The minimum absolute atomic E-state index is 0.215. The van der Waals surface area contributed by atoms with Crippen LogP contribution >= 0.6 is 0 Å². The molecule has 0 spiro atoms. The number of rotatable bonds is 5. The van der Waals surface area contributed by atoms with Crippen molar-refractivity contribution in [1.82, 2.24) is 9.78 Å². The Labute approximate surface area is 125 Å². The Morgan fingerprint density at radius 1 is 1.23 bits per heavy atom. The highest BCUT2D eigenvalue weighted by atomic mass is 19.1. The molecule has 3 aromatic rings. The van der Waals surface area contributed by atoms with Crippen molar-refractivity contribution in [3.63, 3.8) is 0 Å². The van der Waals surface area contributed by atoms with Gasteiger partial charge in [-0.05, 0) is 23.8 Å². The molecule has 0 radical (unpaired) electrons. The number of nitrogens with zero attached hydrogens (tertiary/aromatic N) is 2. The molecule has 3 rings (SSSR count). The lowest BCUT2D eigenvalue weighted by Gasteiger charge is -2.07. The van der Waals surface area contributed by atoms with E-state index in [0.717, 1.165) is 10.9 Å². The van der Waals surface area contributed by atoms with E-state index < -0.39 is 12.8 Å². The normalized spacial score (nSPS) is 10.8. The molecule has 0 saturated heterocycles. The summed E-state index contributed by atoms with van der Waals surface area (Å²) in [7, 11) is 0. The largest absolute Gasteiger partial charge is 0.478 e. The minimum atomic E-state index is -0.987. The summed E-state index contributed by atoms with van der Waals surface area (Å²) in [4.78, 5) is 11.3. The number of hydrogen-bond donors (Lipinski definition) is 1. The summed E-state index contributed by atoms with van der Waals surface area (Å²) in [5.74, 6) is -0.540. The first-order valence-corrected chi connectivity index (χ1v) is 6.64. The van der Waals surface area contributed by atoms with Crippen LogP contribution in [-0.2, 0) is 6.54 Å². The molecule has 0 aliphatic heterocycles. The first-order valence-electron chi connectivity index (χ1n) is 6.64. The average molecular weight is 300 g/mol. The summed E-state index contributed by atoms with van der Waals surface area (Å²) in [5, 5.41) is 14.3. The first kappa shape index (κ1) is 14.1. The van der Waals surface area contributed by atoms with Gasteiger partial charge >= 0.3 is 5.97 Å². The summed E-state index contributed by atoms with van der Waals surface area (Å²) >= 11 is 0. The van der Waals surface area contributed by atoms with Crippen LogP contribution in [0.4, 0.5) is 4.39 Å². The van der Waals surface area contributed by atoms with E-state index in [4.69, 9.17) is 4.74 Å². The van der Waals surface area contributed by atoms with Crippen molar-refractivity contribution in [2.75, 3.05) is 6.86 Å². The number of para-hydroxylation sites is 1. The lowest BCUT2D eigenvalue weighted by molar-refractivity contribution is 0.0698. The quantitative estimate of drug-likeness (QED) is 0.786. The third kappa shape index (κ3) is 2.63. The molecule has 0 aliphatic carbocycles. The summed E-state index contributed by atoms with van der Waals surface area (Å²) in [6, 6.07) is 12.0. The maximum absolute atomic E-state index is 12.1. The number of carbonyl (C=O) groups is 1. The summed E-state index contributed by atoms with van der Waals surface area (Å²) < 4.78 is 18.5. The molecule has 0 bridgehead atoms. The van der Waals surface area contributed by atoms with Gasteiger partial charge in [-0.2, -0.15) is 5.10 Å². The fraction of sp³-hybridized carbons (Fsp3) is 0.125. The number of carboxylic acids is 1. The highest BCUT2D eigenvalue weighted by Gasteiger charge is 2.13. The lowest BCUT2D eigenvalue weighted by atomic mass is 10.1. The van der Waals surface area contributed by atoms with Crippen molar-refractivity contribution in [3.05, 3.63) is 59.8 Å². The number of benzene rings is 2. The summed E-state index contributed by atoms with van der Waals surface area (Å²) in [6.45, 7) is -0.450. The Hall–Kier alpha value is -2.89. The number of aromatic carboxylic acids is 1. The van der Waals surface area contributed by atoms with Crippen LogP contribution < -0.4 is 4.74 Å². The van der Waals surface area contributed by atoms with E-state index >= 15 is 0 Å². The number of fused-ring (bicyclic) bond motifs is 1. The zero-order chi connectivity index (χ0) is 15.5. The molecule has 0 aliphatic rings. The van der Waals surface area contributed by atoms with Gasteiger partial charge in [-0.3, -0.25) is 4.68 Å². The minimum Gasteiger partial charge on any atom is -0.478 e. The fourth-order valence-electron chi connectivity index (χ4n) is 2.36. The molecule has 1 N–H and O–H groups in total. The van der Waals surface area contributed by atoms with Gasteiger partial charge in [0.25, 0.3) is 0 Å². The van der Waals surface area contributed by atoms with Gasteiger partial charge in [0.15, 0.2) is 0 Å². The predicted octanol–water partition coefficient (Wildman–Crippen LogP) is 3.09. The van der Waals surface area contributed by atoms with Gasteiger partial charge in [0.05, 0.1) is 23.8 Å². The maximum Gasteiger partial charge on any atom is 0.337 e. The second kappa shape index (κ2) is 5.85. The van der Waals surface area contributed by atoms with E-state index in [1.54, 1.807) is 47.3 Å². The van der Waals surface area contributed by atoms with Gasteiger partial charge in [0.1, 0.15) is 5.75 Å². The van der Waals surface area contributed by atoms with Gasteiger partial charge < -0.3 is 9.84 Å². The predicted molar refractivity (Wildman–Crippen MR) is 78.8 cm³/mol. The van der Waals surface area contributed by atoms with Crippen LogP contribution in [0.5, 0.6) is 5.75 Å². The van der Waals surface area contributed by atoms with Gasteiger partial charge in [-0.25, -0.2) is 9.18 Å². The van der Waals surface area contributed by atoms with Crippen LogP contribution in [0, 0.1) is 0 Å². The Balaban J connectivity index is 1.95. The molecule has 0 atom stereocenters. The standard InChI is InChI=1S/C16H13FN2O3/c17-10-22-13-6-4-11(5-7-13)9-19-15-12(8-18-19)2-1-3-14(15)16(20)21/h1-8H,9-10H2,(H,20,21). The Morgan fingerprint density at radius 3 is 2.68 bits per heavy atom. The molecule has 0 saturated carbocycles. The van der Waals surface area contributed by atoms with Crippen LogP contribution in [0.3, 0.4) is 0 Å². The van der Waals surface area contributed by atoms with Gasteiger partial charge in [0.2, 0.25) is 6.86 Å². The molecule has 1 heterocycles. The number of halogens is 1. The summed E-state index contributed by atoms with van der Waals surface area (Å²) in [6.07, 6.45) is 1.64. The molecular weight excluding hydrogens is 287 g/mol. The van der Waals surface area contributed by atoms with Crippen LogP contribution in [-0.4, -0.2) is 27.7 Å². The Bertz CT molecular complexity index is 812. The molecule has 2 aromatic carbocycles. The Morgan fingerprint density at radius 2 is 2.00 bits per heavy atom. The van der Waals surface area contributed by atoms with Crippen molar-refractivity contribution in [3.8, 4) is 5.75 Å². The van der Waals surface area contributed by atoms with Crippen molar-refractivity contribution in [2.24, 2.45) is 0 Å². The number of hydrogen-bond acceptors (Lipinski definition) is 3. The first-order chi connectivity index (χ1) is 10.7. The molecule has 0 fully saturated rings. The zero-order valence-electron chi connectivity index (χ0n) is 11.6. The molecule has 5 nitrogen and oxygen atoms in total. The van der Waals surface area contributed by atoms with E-state index in [9.17, 15) is 14.3 Å². The summed E-state index contributed by atoms with van der Waals surface area (Å²) in [5.41, 5.74) is 1.71. The highest BCUT2D eigenvalue weighted by Crippen LogP contribution is 2.20. The van der Waals surface area contributed by atoms with Crippen LogP contribution in [0.25, 0.3) is 10.9 Å². The SMILES string of the molecule is O=C(O)c1cccc2cnn(Cc3ccc(OCF)cc3)c12. The monoisotopic (exact) mass is 300 g/mol. The smallest absolute Gasteiger partial charge is 0.337 e. The molecule has 1 aromatic heterocycles. The van der Waals surface area contributed by atoms with Crippen LogP contribution in [0.15, 0.2) is 48.7 Å². The fourth-order valence-corrected chi connectivity index (χ4v) is 2.36.